The van der Waals surface area contributed by atoms with Gasteiger partial charge in [-0.2, -0.15) is 4.37 Å². The number of aromatic nitrogens is 3. The lowest BCUT2D eigenvalue weighted by Gasteiger charge is -2.09. The number of hydrogen-bond donors (Lipinski definition) is 1. The summed E-state index contributed by atoms with van der Waals surface area (Å²) >= 11 is 2.87. The molecule has 14 heavy (non-hydrogen) atoms. The largest absolute Gasteiger partial charge is 0.307 e. The minimum absolute atomic E-state index is 0.125. The highest BCUT2D eigenvalue weighted by atomic mass is 32.1. The fourth-order valence-electron chi connectivity index (χ4n) is 1.25. The lowest BCUT2D eigenvalue weighted by molar-refractivity contribution is 0.678. The van der Waals surface area contributed by atoms with Crippen molar-refractivity contribution in [3.63, 3.8) is 0 Å². The molecule has 0 bridgehead atoms. The third-order valence-corrected chi connectivity index (χ3v) is 3.36. The van der Waals surface area contributed by atoms with Crippen molar-refractivity contribution in [2.45, 2.75) is 13.0 Å². The molecule has 2 heterocycles. The molecule has 2 aromatic heterocycles. The van der Waals surface area contributed by atoms with Gasteiger partial charge in [-0.05, 0) is 43.1 Å². The van der Waals surface area contributed by atoms with Gasteiger partial charge in [0.1, 0.15) is 0 Å². The van der Waals surface area contributed by atoms with Gasteiger partial charge >= 0.3 is 0 Å². The lowest BCUT2D eigenvalue weighted by atomic mass is 10.2. The van der Waals surface area contributed by atoms with E-state index in [1.54, 1.807) is 0 Å². The van der Waals surface area contributed by atoms with E-state index < -0.39 is 0 Å². The summed E-state index contributed by atoms with van der Waals surface area (Å²) in [5.74, 6) is 0. The van der Waals surface area contributed by atoms with Crippen molar-refractivity contribution in [2.24, 2.45) is 0 Å². The van der Waals surface area contributed by atoms with Gasteiger partial charge in [-0.25, -0.2) is 0 Å². The molecule has 0 spiro atoms. The van der Waals surface area contributed by atoms with Crippen molar-refractivity contribution in [3.05, 3.63) is 27.7 Å². The summed E-state index contributed by atoms with van der Waals surface area (Å²) in [7, 11) is 1.92. The predicted molar refractivity (Wildman–Crippen MR) is 57.7 cm³/mol. The van der Waals surface area contributed by atoms with Crippen LogP contribution in [0.5, 0.6) is 0 Å². The van der Waals surface area contributed by atoms with E-state index in [9.17, 15) is 0 Å². The van der Waals surface area contributed by atoms with E-state index in [1.165, 1.54) is 27.9 Å². The van der Waals surface area contributed by atoms with Gasteiger partial charge in [0.15, 0.2) is 0 Å². The van der Waals surface area contributed by atoms with Crippen LogP contribution in [-0.2, 0) is 0 Å². The third kappa shape index (κ3) is 1.82. The zero-order chi connectivity index (χ0) is 9.97. The van der Waals surface area contributed by atoms with E-state index in [-0.39, 0.29) is 6.04 Å². The van der Waals surface area contributed by atoms with Crippen LogP contribution in [0.4, 0.5) is 0 Å². The fourth-order valence-corrected chi connectivity index (χ4v) is 2.60. The second-order valence-corrected chi connectivity index (χ2v) is 4.37. The van der Waals surface area contributed by atoms with Crippen molar-refractivity contribution >= 4 is 23.1 Å². The first-order valence-electron chi connectivity index (χ1n) is 4.18. The van der Waals surface area contributed by atoms with Crippen LogP contribution < -0.4 is 5.32 Å². The minimum Gasteiger partial charge on any atom is -0.307 e. The summed E-state index contributed by atoms with van der Waals surface area (Å²) in [6.07, 6.45) is 0. The molecule has 74 valence electrons. The Morgan fingerprint density at radius 1 is 1.50 bits per heavy atom. The predicted octanol–water partition coefficient (Wildman–Crippen LogP) is 1.61. The molecule has 2 rings (SSSR count). The summed E-state index contributed by atoms with van der Waals surface area (Å²) in [6.45, 7) is 1.99. The van der Waals surface area contributed by atoms with E-state index in [0.717, 1.165) is 11.4 Å². The normalized spacial score (nSPS) is 13.0. The molecule has 1 unspecified atom stereocenters. The molecular weight excluding hydrogens is 216 g/mol. The molecule has 1 atom stereocenters. The molecule has 0 aliphatic carbocycles. The second-order valence-electron chi connectivity index (χ2n) is 2.92. The highest BCUT2D eigenvalue weighted by Gasteiger charge is 2.16. The number of nitrogens with one attached hydrogen (secondary N) is 1. The topological polar surface area (TPSA) is 50.7 Å². The summed E-state index contributed by atoms with van der Waals surface area (Å²) in [4.78, 5) is 1.18. The summed E-state index contributed by atoms with van der Waals surface area (Å²) < 4.78 is 8.11. The monoisotopic (exact) mass is 226 g/mol. The molecule has 0 aliphatic rings. The molecule has 2 aromatic rings. The van der Waals surface area contributed by atoms with Gasteiger partial charge in [-0.1, -0.05) is 4.49 Å². The van der Waals surface area contributed by atoms with E-state index in [0.29, 0.717) is 0 Å². The van der Waals surface area contributed by atoms with Gasteiger partial charge in [0, 0.05) is 10.3 Å². The number of hydrogen-bond acceptors (Lipinski definition) is 6. The maximum Gasteiger partial charge on any atom is 0.0978 e. The zero-order valence-corrected chi connectivity index (χ0v) is 9.52. The van der Waals surface area contributed by atoms with Crippen molar-refractivity contribution in [1.82, 2.24) is 19.3 Å². The number of nitrogens with zero attached hydrogens (tertiary/aromatic N) is 3. The van der Waals surface area contributed by atoms with Crippen LogP contribution >= 0.6 is 23.1 Å². The third-order valence-electron chi connectivity index (χ3n) is 1.89. The highest BCUT2D eigenvalue weighted by Crippen LogP contribution is 2.24. The number of rotatable bonds is 3. The number of aryl methyl sites for hydroxylation is 1. The molecule has 0 aliphatic heterocycles. The Morgan fingerprint density at radius 2 is 2.36 bits per heavy atom. The summed E-state index contributed by atoms with van der Waals surface area (Å²) in [6, 6.07) is 2.20. The Morgan fingerprint density at radius 3 is 2.86 bits per heavy atom. The van der Waals surface area contributed by atoms with Crippen LogP contribution in [-0.4, -0.2) is 21.0 Å². The summed E-state index contributed by atoms with van der Waals surface area (Å²) in [5, 5.41) is 9.22. The van der Waals surface area contributed by atoms with Gasteiger partial charge in [0.2, 0.25) is 0 Å². The Bertz CT molecular complexity index is 395. The van der Waals surface area contributed by atoms with E-state index in [2.05, 4.69) is 25.3 Å². The van der Waals surface area contributed by atoms with Crippen LogP contribution in [0.25, 0.3) is 0 Å². The van der Waals surface area contributed by atoms with Crippen LogP contribution in [0, 0.1) is 6.92 Å². The van der Waals surface area contributed by atoms with E-state index in [1.807, 2.05) is 19.4 Å². The zero-order valence-electron chi connectivity index (χ0n) is 7.89. The molecule has 1 N–H and O–H groups in total. The van der Waals surface area contributed by atoms with Gasteiger partial charge < -0.3 is 5.32 Å². The quantitative estimate of drug-likeness (QED) is 0.864. The van der Waals surface area contributed by atoms with Gasteiger partial charge in [-0.3, -0.25) is 0 Å². The molecule has 0 aromatic carbocycles. The molecule has 0 fully saturated rings. The second kappa shape index (κ2) is 4.12. The minimum atomic E-state index is 0.125. The highest BCUT2D eigenvalue weighted by molar-refractivity contribution is 7.06. The Balaban J connectivity index is 2.31. The van der Waals surface area contributed by atoms with Crippen molar-refractivity contribution in [1.29, 1.82) is 0 Å². The average molecular weight is 226 g/mol. The van der Waals surface area contributed by atoms with Gasteiger partial charge in [0.25, 0.3) is 0 Å². The Labute approximate surface area is 90.3 Å². The van der Waals surface area contributed by atoms with Crippen LogP contribution in [0.1, 0.15) is 22.3 Å². The first-order chi connectivity index (χ1) is 6.81. The molecule has 0 amide bonds. The maximum absolute atomic E-state index is 4.25. The molecular formula is C8H10N4S2. The Kier molecular flexibility index (Phi) is 2.85. The standard InChI is InChI=1S/C8H10N4S2/c1-5-3-7(14-11-5)8(9-2)6-4-13-12-10-6/h3-4,8-9H,1-2H3. The molecule has 4 nitrogen and oxygen atoms in total. The fraction of sp³-hybridized carbons (Fsp3) is 0.375. The van der Waals surface area contributed by atoms with Crippen molar-refractivity contribution in [3.8, 4) is 0 Å². The van der Waals surface area contributed by atoms with Crippen molar-refractivity contribution < 1.29 is 0 Å². The Hall–Kier alpha value is -0.850. The molecule has 0 radical (unpaired) electrons. The molecule has 6 heteroatoms. The smallest absolute Gasteiger partial charge is 0.0978 e. The van der Waals surface area contributed by atoms with E-state index in [4.69, 9.17) is 0 Å². The first kappa shape index (κ1) is 9.70. The lowest BCUT2D eigenvalue weighted by Crippen LogP contribution is -2.16. The van der Waals surface area contributed by atoms with Gasteiger partial charge in [0.05, 0.1) is 17.4 Å². The van der Waals surface area contributed by atoms with Crippen LogP contribution in [0.3, 0.4) is 0 Å². The average Bonchev–Trinajstić information content (AvgIpc) is 2.79. The van der Waals surface area contributed by atoms with E-state index >= 15 is 0 Å². The maximum atomic E-state index is 4.25. The van der Waals surface area contributed by atoms with Gasteiger partial charge in [-0.15, -0.1) is 5.10 Å². The van der Waals surface area contributed by atoms with Crippen LogP contribution in [0.15, 0.2) is 11.4 Å². The van der Waals surface area contributed by atoms with Crippen LogP contribution in [0.2, 0.25) is 0 Å². The SMILES string of the molecule is CNC(c1csnn1)c1cc(C)ns1. The summed E-state index contributed by atoms with van der Waals surface area (Å²) in [5.41, 5.74) is 2.01. The first-order valence-corrected chi connectivity index (χ1v) is 5.79. The molecule has 0 saturated heterocycles. The molecule has 0 saturated carbocycles. The van der Waals surface area contributed by atoms with Crippen molar-refractivity contribution in [2.75, 3.05) is 7.05 Å².